The molecule has 7 nitrogen and oxygen atoms in total. The zero-order valence-electron chi connectivity index (χ0n) is 18.3. The molecule has 156 valence electrons. The lowest BCUT2D eigenvalue weighted by molar-refractivity contribution is 0.00578. The molecule has 2 aromatic rings. The molecule has 0 N–H and O–H groups in total. The number of carbonyl (C=O) groups excluding carboxylic acids is 2. The van der Waals surface area contributed by atoms with Crippen LogP contribution >= 0.6 is 0 Å². The van der Waals surface area contributed by atoms with Gasteiger partial charge in [0, 0.05) is 11.6 Å². The lowest BCUT2D eigenvalue weighted by Gasteiger charge is -2.32. The van der Waals surface area contributed by atoms with Crippen LogP contribution in [-0.2, 0) is 18.8 Å². The van der Waals surface area contributed by atoms with Crippen molar-refractivity contribution in [2.24, 2.45) is 0 Å². The van der Waals surface area contributed by atoms with Crippen LogP contribution in [0.2, 0.25) is 0 Å². The van der Waals surface area contributed by atoms with Gasteiger partial charge in [0.1, 0.15) is 5.60 Å². The molecule has 0 aliphatic carbocycles. The van der Waals surface area contributed by atoms with Gasteiger partial charge in [0.05, 0.1) is 29.4 Å². The standard InChI is InChI=1S/C21H28BNO6/c1-19(2,3)27-18(25)23-10-9-14-15(17(24)26-8)11-13(12-16(14)23)22-28-20(4,5)21(6,7)29-22/h9-12H,1-8H3. The summed E-state index contributed by atoms with van der Waals surface area (Å²) in [6.45, 7) is 13.2. The maximum absolute atomic E-state index is 12.7. The van der Waals surface area contributed by atoms with E-state index < -0.39 is 36.0 Å². The van der Waals surface area contributed by atoms with Gasteiger partial charge in [0.2, 0.25) is 0 Å². The average Bonchev–Trinajstić information content (AvgIpc) is 3.10. The third-order valence-corrected chi connectivity index (χ3v) is 5.35. The second-order valence-corrected chi connectivity index (χ2v) is 9.25. The van der Waals surface area contributed by atoms with E-state index in [1.165, 1.54) is 11.7 Å². The zero-order chi connectivity index (χ0) is 21.8. The molecular weight excluding hydrogens is 373 g/mol. The minimum Gasteiger partial charge on any atom is -0.465 e. The maximum Gasteiger partial charge on any atom is 0.494 e. The first kappa shape index (κ1) is 21.4. The molecule has 1 fully saturated rings. The monoisotopic (exact) mass is 401 g/mol. The van der Waals surface area contributed by atoms with Crippen molar-refractivity contribution in [3.8, 4) is 0 Å². The number of nitrogens with zero attached hydrogens (tertiary/aromatic N) is 1. The van der Waals surface area contributed by atoms with Crippen molar-refractivity contribution in [3.05, 3.63) is 30.0 Å². The predicted molar refractivity (Wildman–Crippen MR) is 111 cm³/mol. The van der Waals surface area contributed by atoms with Gasteiger partial charge in [-0.15, -0.1) is 0 Å². The summed E-state index contributed by atoms with van der Waals surface area (Å²) >= 11 is 0. The summed E-state index contributed by atoms with van der Waals surface area (Å²) in [7, 11) is 0.635. The first-order valence-corrected chi connectivity index (χ1v) is 9.58. The third kappa shape index (κ3) is 3.91. The van der Waals surface area contributed by atoms with Crippen LogP contribution in [0, 0.1) is 0 Å². The van der Waals surface area contributed by atoms with Gasteiger partial charge in [-0.1, -0.05) is 0 Å². The maximum atomic E-state index is 12.7. The number of fused-ring (bicyclic) bond motifs is 1. The fraction of sp³-hybridized carbons (Fsp3) is 0.524. The van der Waals surface area contributed by atoms with E-state index in [2.05, 4.69) is 0 Å². The van der Waals surface area contributed by atoms with Gasteiger partial charge >= 0.3 is 19.2 Å². The first-order chi connectivity index (χ1) is 13.3. The van der Waals surface area contributed by atoms with Crippen LogP contribution < -0.4 is 5.46 Å². The largest absolute Gasteiger partial charge is 0.494 e. The Morgan fingerprint density at radius 2 is 1.66 bits per heavy atom. The Labute approximate surface area is 171 Å². The van der Waals surface area contributed by atoms with Gasteiger partial charge in [0.15, 0.2) is 0 Å². The molecule has 3 rings (SSSR count). The van der Waals surface area contributed by atoms with Gasteiger partial charge in [-0.25, -0.2) is 9.59 Å². The van der Waals surface area contributed by atoms with Crippen molar-refractivity contribution in [1.29, 1.82) is 0 Å². The summed E-state index contributed by atoms with van der Waals surface area (Å²) < 4.78 is 24.1. The van der Waals surface area contributed by atoms with Crippen molar-refractivity contribution in [1.82, 2.24) is 4.57 Å². The Bertz CT molecular complexity index is 953. The Kier molecular flexibility index (Phi) is 5.08. The normalized spacial score (nSPS) is 18.1. The Hall–Kier alpha value is -2.32. The molecule has 0 saturated carbocycles. The summed E-state index contributed by atoms with van der Waals surface area (Å²) in [6, 6.07) is 5.17. The lowest BCUT2D eigenvalue weighted by atomic mass is 9.77. The molecule has 1 aromatic carbocycles. The number of methoxy groups -OCH3 is 1. The van der Waals surface area contributed by atoms with Crippen molar-refractivity contribution in [3.63, 3.8) is 0 Å². The molecule has 2 heterocycles. The summed E-state index contributed by atoms with van der Waals surface area (Å²) in [5.41, 5.74) is -0.248. The van der Waals surface area contributed by atoms with Crippen molar-refractivity contribution in [2.75, 3.05) is 7.11 Å². The van der Waals surface area contributed by atoms with Gasteiger partial charge in [0.25, 0.3) is 0 Å². The molecule has 1 aliphatic rings. The van der Waals surface area contributed by atoms with Crippen LogP contribution in [0.5, 0.6) is 0 Å². The molecule has 1 saturated heterocycles. The van der Waals surface area contributed by atoms with E-state index in [0.717, 1.165) is 0 Å². The highest BCUT2D eigenvalue weighted by atomic mass is 16.7. The van der Waals surface area contributed by atoms with E-state index >= 15 is 0 Å². The van der Waals surface area contributed by atoms with Crippen molar-refractivity contribution >= 4 is 35.5 Å². The second kappa shape index (κ2) is 6.88. The van der Waals surface area contributed by atoms with E-state index in [1.54, 1.807) is 45.2 Å². The van der Waals surface area contributed by atoms with Gasteiger partial charge in [-0.2, -0.15) is 0 Å². The van der Waals surface area contributed by atoms with Gasteiger partial charge < -0.3 is 18.8 Å². The quantitative estimate of drug-likeness (QED) is 0.566. The van der Waals surface area contributed by atoms with Gasteiger partial charge in [-0.3, -0.25) is 4.57 Å². The SMILES string of the molecule is COC(=O)c1cc(B2OC(C)(C)C(C)(C)O2)cc2c1ccn2C(=O)OC(C)(C)C. The number of benzene rings is 1. The molecule has 0 unspecified atom stereocenters. The Morgan fingerprint density at radius 3 is 2.17 bits per heavy atom. The van der Waals surface area contributed by atoms with Crippen molar-refractivity contribution < 1.29 is 28.4 Å². The molecular formula is C21H28BNO6. The summed E-state index contributed by atoms with van der Waals surface area (Å²) in [5, 5.41) is 0.586. The third-order valence-electron chi connectivity index (χ3n) is 5.35. The lowest BCUT2D eigenvalue weighted by Crippen LogP contribution is -2.41. The summed E-state index contributed by atoms with van der Waals surface area (Å²) in [4.78, 5) is 25.1. The Morgan fingerprint density at radius 1 is 1.07 bits per heavy atom. The first-order valence-electron chi connectivity index (χ1n) is 9.58. The van der Waals surface area contributed by atoms with Crippen LogP contribution in [0.1, 0.15) is 58.8 Å². The fourth-order valence-electron chi connectivity index (χ4n) is 3.13. The minimum absolute atomic E-state index is 0.331. The highest BCUT2D eigenvalue weighted by molar-refractivity contribution is 6.62. The molecule has 0 radical (unpaired) electrons. The van der Waals surface area contributed by atoms with Gasteiger partial charge in [-0.05, 0) is 72.1 Å². The molecule has 1 aromatic heterocycles. The topological polar surface area (TPSA) is 76.0 Å². The van der Waals surface area contributed by atoms with E-state index in [0.29, 0.717) is 21.9 Å². The number of carbonyl (C=O) groups is 2. The molecule has 1 aliphatic heterocycles. The van der Waals surface area contributed by atoms with E-state index in [4.69, 9.17) is 18.8 Å². The van der Waals surface area contributed by atoms with Crippen LogP contribution in [0.25, 0.3) is 10.9 Å². The summed E-state index contributed by atoms with van der Waals surface area (Å²) in [5.74, 6) is -0.504. The zero-order valence-corrected chi connectivity index (χ0v) is 18.3. The average molecular weight is 401 g/mol. The number of aromatic nitrogens is 1. The smallest absolute Gasteiger partial charge is 0.465 e. The Balaban J connectivity index is 2.14. The number of ether oxygens (including phenoxy) is 2. The molecule has 0 atom stereocenters. The van der Waals surface area contributed by atoms with Crippen LogP contribution in [0.4, 0.5) is 4.79 Å². The number of rotatable bonds is 2. The number of hydrogen-bond donors (Lipinski definition) is 0. The molecule has 29 heavy (non-hydrogen) atoms. The predicted octanol–water partition coefficient (Wildman–Crippen LogP) is 3.51. The minimum atomic E-state index is -0.685. The van der Waals surface area contributed by atoms with E-state index in [1.807, 2.05) is 27.7 Å². The van der Waals surface area contributed by atoms with Crippen molar-refractivity contribution in [2.45, 2.75) is 65.3 Å². The molecule has 0 amide bonds. The van der Waals surface area contributed by atoms with Crippen LogP contribution in [-0.4, -0.2) is 47.7 Å². The van der Waals surface area contributed by atoms with E-state index in [9.17, 15) is 9.59 Å². The molecule has 0 bridgehead atoms. The number of hydrogen-bond acceptors (Lipinski definition) is 6. The van der Waals surface area contributed by atoms with Crippen LogP contribution in [0.15, 0.2) is 24.4 Å². The molecule has 8 heteroatoms. The highest BCUT2D eigenvalue weighted by Crippen LogP contribution is 2.37. The highest BCUT2D eigenvalue weighted by Gasteiger charge is 2.52. The second-order valence-electron chi connectivity index (χ2n) is 9.25. The molecule has 0 spiro atoms. The number of esters is 1. The van der Waals surface area contributed by atoms with Crippen LogP contribution in [0.3, 0.4) is 0 Å². The summed E-state index contributed by atoms with van der Waals surface area (Å²) in [6.07, 6.45) is 1.05. The fourth-order valence-corrected chi connectivity index (χ4v) is 3.13. The van der Waals surface area contributed by atoms with E-state index in [-0.39, 0.29) is 0 Å².